The van der Waals surface area contributed by atoms with Crippen LogP contribution in [0.25, 0.3) is 0 Å². The number of anilines is 1. The molecule has 180 valence electrons. The Kier molecular flexibility index (Phi) is 9.43. The van der Waals surface area contributed by atoms with Crippen molar-refractivity contribution in [2.24, 2.45) is 5.92 Å². The summed E-state index contributed by atoms with van der Waals surface area (Å²) < 4.78 is 19.6. The minimum Gasteiger partial charge on any atom is -0.381 e. The Morgan fingerprint density at radius 3 is 2.88 bits per heavy atom. The molecule has 0 radical (unpaired) electrons. The predicted molar refractivity (Wildman–Crippen MR) is 125 cm³/mol. The van der Waals surface area contributed by atoms with E-state index in [1.807, 2.05) is 0 Å². The Morgan fingerprint density at radius 2 is 2.12 bits per heavy atom. The predicted octanol–water partition coefficient (Wildman–Crippen LogP) is 3.32. The molecule has 0 spiro atoms. The molecule has 4 N–H and O–H groups in total. The summed E-state index contributed by atoms with van der Waals surface area (Å²) in [6.45, 7) is 3.74. The van der Waals surface area contributed by atoms with Crippen molar-refractivity contribution in [1.29, 1.82) is 0 Å². The molecular weight excluding hydrogens is 449 g/mol. The van der Waals surface area contributed by atoms with Crippen LogP contribution in [0, 0.1) is 11.7 Å². The van der Waals surface area contributed by atoms with Crippen LogP contribution in [0.5, 0.6) is 0 Å². The van der Waals surface area contributed by atoms with Gasteiger partial charge < -0.3 is 25.6 Å². The van der Waals surface area contributed by atoms with Crippen molar-refractivity contribution in [2.75, 3.05) is 25.1 Å². The highest BCUT2D eigenvalue weighted by Gasteiger charge is 2.23. The number of pyridine rings is 1. The van der Waals surface area contributed by atoms with Gasteiger partial charge >= 0.3 is 0 Å². The van der Waals surface area contributed by atoms with E-state index >= 15 is 0 Å². The second-order valence-electron chi connectivity index (χ2n) is 8.44. The number of halogens is 2. The molecule has 1 aliphatic heterocycles. The standard InChI is InChI=1S/C24H31ClFN3O4/c1-15(7-9-17-10-8-16-4-3-12-27-22(16)28-17)14-33-13-11-20(24(31)32)29-23(30)21-18(25)5-2-6-19(21)26/h2,5-6,8,10,15,20,24,31-32H,3-4,7,9,11-14H2,1H3,(H,27,28)(H,29,30)/t15-,20-/m0/s1. The van der Waals surface area contributed by atoms with Crippen molar-refractivity contribution in [3.8, 4) is 0 Å². The van der Waals surface area contributed by atoms with Crippen molar-refractivity contribution in [3.63, 3.8) is 0 Å². The largest absolute Gasteiger partial charge is 0.381 e. The molecule has 7 nitrogen and oxygen atoms in total. The first-order valence-electron chi connectivity index (χ1n) is 11.3. The van der Waals surface area contributed by atoms with Crippen LogP contribution in [0.4, 0.5) is 10.2 Å². The molecule has 0 saturated heterocycles. The number of rotatable bonds is 11. The highest BCUT2D eigenvalue weighted by atomic mass is 35.5. The lowest BCUT2D eigenvalue weighted by atomic mass is 10.0. The maximum Gasteiger partial charge on any atom is 0.256 e. The van der Waals surface area contributed by atoms with Gasteiger partial charge in [-0.2, -0.15) is 0 Å². The van der Waals surface area contributed by atoms with E-state index in [-0.39, 0.29) is 29.5 Å². The van der Waals surface area contributed by atoms with Gasteiger partial charge in [0.05, 0.1) is 16.6 Å². The summed E-state index contributed by atoms with van der Waals surface area (Å²) in [5.41, 5.74) is 1.99. The van der Waals surface area contributed by atoms with Crippen LogP contribution in [0.2, 0.25) is 5.02 Å². The van der Waals surface area contributed by atoms with Crippen molar-refractivity contribution in [3.05, 3.63) is 58.0 Å². The monoisotopic (exact) mass is 479 g/mol. The number of aliphatic hydroxyl groups is 2. The maximum absolute atomic E-state index is 13.9. The minimum atomic E-state index is -1.82. The molecular formula is C24H31ClFN3O4. The maximum atomic E-state index is 13.9. The molecule has 2 aromatic rings. The molecule has 2 heterocycles. The zero-order valence-corrected chi connectivity index (χ0v) is 19.4. The van der Waals surface area contributed by atoms with E-state index in [9.17, 15) is 19.4 Å². The third kappa shape index (κ3) is 7.37. The van der Waals surface area contributed by atoms with Gasteiger partial charge in [0.1, 0.15) is 11.6 Å². The topological polar surface area (TPSA) is 104 Å². The Balaban J connectivity index is 1.40. The van der Waals surface area contributed by atoms with Crippen LogP contribution < -0.4 is 10.6 Å². The fourth-order valence-corrected chi connectivity index (χ4v) is 3.98. The Bertz CT molecular complexity index is 924. The molecule has 0 aliphatic carbocycles. The van der Waals surface area contributed by atoms with E-state index in [1.165, 1.54) is 17.7 Å². The summed E-state index contributed by atoms with van der Waals surface area (Å²) in [6.07, 6.45) is 2.29. The Hall–Kier alpha value is -2.26. The van der Waals surface area contributed by atoms with E-state index in [1.54, 1.807) is 0 Å². The molecule has 1 aromatic heterocycles. The summed E-state index contributed by atoms with van der Waals surface area (Å²) in [5, 5.41) is 24.9. The Labute approximate surface area is 198 Å². The smallest absolute Gasteiger partial charge is 0.256 e. The summed E-state index contributed by atoms with van der Waals surface area (Å²) >= 11 is 5.90. The number of nitrogens with zero attached hydrogens (tertiary/aromatic N) is 1. The number of carbonyl (C=O) groups is 1. The number of amides is 1. The molecule has 0 fully saturated rings. The molecule has 1 aromatic carbocycles. The normalized spacial score (nSPS) is 15.0. The van der Waals surface area contributed by atoms with E-state index in [0.29, 0.717) is 6.61 Å². The quantitative estimate of drug-likeness (QED) is 0.291. The molecule has 1 aliphatic rings. The summed E-state index contributed by atoms with van der Waals surface area (Å²) in [4.78, 5) is 17.0. The van der Waals surface area contributed by atoms with Crippen molar-refractivity contribution in [1.82, 2.24) is 10.3 Å². The zero-order valence-electron chi connectivity index (χ0n) is 18.7. The fraction of sp³-hybridized carbons (Fsp3) is 0.500. The number of ether oxygens (including phenoxy) is 1. The third-order valence-electron chi connectivity index (χ3n) is 5.69. The molecule has 2 atom stereocenters. The van der Waals surface area contributed by atoms with Crippen LogP contribution in [0.15, 0.2) is 30.3 Å². The highest BCUT2D eigenvalue weighted by Crippen LogP contribution is 2.21. The van der Waals surface area contributed by atoms with Gasteiger partial charge in [-0.1, -0.05) is 30.7 Å². The fourth-order valence-electron chi connectivity index (χ4n) is 3.73. The van der Waals surface area contributed by atoms with E-state index < -0.39 is 24.1 Å². The summed E-state index contributed by atoms with van der Waals surface area (Å²) in [7, 11) is 0. The van der Waals surface area contributed by atoms with Crippen LogP contribution in [-0.4, -0.2) is 53.2 Å². The Morgan fingerprint density at radius 1 is 1.30 bits per heavy atom. The number of carbonyl (C=O) groups excluding carboxylic acids is 1. The summed E-state index contributed by atoms with van der Waals surface area (Å²) in [6, 6.07) is 7.11. The van der Waals surface area contributed by atoms with Gasteiger partial charge in [0.25, 0.3) is 5.91 Å². The van der Waals surface area contributed by atoms with E-state index in [0.717, 1.165) is 49.8 Å². The van der Waals surface area contributed by atoms with Crippen molar-refractivity contribution >= 4 is 23.3 Å². The zero-order chi connectivity index (χ0) is 23.8. The van der Waals surface area contributed by atoms with Crippen LogP contribution in [0.1, 0.15) is 47.8 Å². The number of hydrogen-bond donors (Lipinski definition) is 4. The molecule has 0 saturated carbocycles. The van der Waals surface area contributed by atoms with Crippen LogP contribution in [0.3, 0.4) is 0 Å². The average Bonchev–Trinajstić information content (AvgIpc) is 2.79. The van der Waals surface area contributed by atoms with Gasteiger partial charge in [-0.15, -0.1) is 0 Å². The van der Waals surface area contributed by atoms with Gasteiger partial charge in [-0.25, -0.2) is 9.37 Å². The second kappa shape index (κ2) is 12.3. The summed E-state index contributed by atoms with van der Waals surface area (Å²) in [5.74, 6) is -0.313. The first-order valence-corrected chi connectivity index (χ1v) is 11.6. The third-order valence-corrected chi connectivity index (χ3v) is 6.00. The molecule has 1 amide bonds. The minimum absolute atomic E-state index is 0.0482. The first kappa shape index (κ1) is 25.4. The van der Waals surface area contributed by atoms with Gasteiger partial charge in [0.15, 0.2) is 6.29 Å². The molecule has 0 bridgehead atoms. The van der Waals surface area contributed by atoms with E-state index in [2.05, 4.69) is 29.7 Å². The SMILES string of the molecule is C[C@@H](CCc1ccc2c(n1)NCCC2)COCC[C@H](NC(=O)c1c(F)cccc1Cl)C(O)O. The lowest BCUT2D eigenvalue weighted by molar-refractivity contribution is -0.0718. The second-order valence-corrected chi connectivity index (χ2v) is 8.85. The number of aliphatic hydroxyl groups excluding tert-OH is 1. The number of benzene rings is 1. The van der Waals surface area contributed by atoms with E-state index in [4.69, 9.17) is 21.3 Å². The molecule has 3 rings (SSSR count). The highest BCUT2D eigenvalue weighted by molar-refractivity contribution is 6.33. The molecule has 0 unspecified atom stereocenters. The van der Waals surface area contributed by atoms with Crippen molar-refractivity contribution < 1.29 is 24.1 Å². The van der Waals surface area contributed by atoms with Crippen LogP contribution >= 0.6 is 11.6 Å². The average molecular weight is 480 g/mol. The van der Waals surface area contributed by atoms with Crippen molar-refractivity contribution in [2.45, 2.75) is 51.4 Å². The number of aromatic nitrogens is 1. The van der Waals surface area contributed by atoms with Crippen LogP contribution in [-0.2, 0) is 17.6 Å². The van der Waals surface area contributed by atoms with Gasteiger partial charge in [-0.05, 0) is 61.8 Å². The number of fused-ring (bicyclic) bond motifs is 1. The molecule has 9 heteroatoms. The van der Waals surface area contributed by atoms with Gasteiger partial charge in [0.2, 0.25) is 0 Å². The van der Waals surface area contributed by atoms with Gasteiger partial charge in [-0.3, -0.25) is 4.79 Å². The number of nitrogens with one attached hydrogen (secondary N) is 2. The molecule has 33 heavy (non-hydrogen) atoms. The van der Waals surface area contributed by atoms with Gasteiger partial charge in [0, 0.05) is 25.5 Å². The number of aryl methyl sites for hydroxylation is 2. The lowest BCUT2D eigenvalue weighted by Crippen LogP contribution is -2.44. The number of hydrogen-bond acceptors (Lipinski definition) is 6. The first-order chi connectivity index (χ1) is 15.8. The lowest BCUT2D eigenvalue weighted by Gasteiger charge is -2.21.